The maximum atomic E-state index is 12.5. The van der Waals surface area contributed by atoms with Gasteiger partial charge in [0.15, 0.2) is 16.5 Å². The molecule has 0 unspecified atom stereocenters. The molecule has 0 bridgehead atoms. The Balaban J connectivity index is 1.62. The number of benzene rings is 1. The second kappa shape index (κ2) is 7.60. The molecule has 1 aliphatic rings. The van der Waals surface area contributed by atoms with Crippen molar-refractivity contribution in [3.8, 4) is 11.5 Å². The van der Waals surface area contributed by atoms with Crippen molar-refractivity contribution in [2.45, 2.75) is 25.8 Å². The number of aromatic nitrogens is 2. The van der Waals surface area contributed by atoms with Gasteiger partial charge in [0.05, 0.1) is 19.3 Å². The van der Waals surface area contributed by atoms with E-state index in [1.165, 1.54) is 0 Å². The van der Waals surface area contributed by atoms with Crippen LogP contribution in [-0.4, -0.2) is 29.4 Å². The first-order valence-electron chi connectivity index (χ1n) is 7.61. The zero-order valence-corrected chi connectivity index (χ0v) is 14.1. The fourth-order valence-electron chi connectivity index (χ4n) is 2.24. The minimum atomic E-state index is -2.71. The largest absolute Gasteiger partial charge is 0.490 e. The Labute approximate surface area is 146 Å². The highest BCUT2D eigenvalue weighted by Gasteiger charge is 2.18. The van der Waals surface area contributed by atoms with Gasteiger partial charge in [-0.3, -0.25) is 5.32 Å². The number of nitrogens with zero attached hydrogens (tertiary/aromatic N) is 2. The number of nitrogens with one attached hydrogen (secondary N) is 2. The van der Waals surface area contributed by atoms with Crippen LogP contribution < -0.4 is 20.1 Å². The molecule has 2 N–H and O–H groups in total. The van der Waals surface area contributed by atoms with Crippen LogP contribution in [0.4, 0.5) is 18.7 Å². The predicted molar refractivity (Wildman–Crippen MR) is 87.5 cm³/mol. The number of ether oxygens (including phenoxy) is 2. The van der Waals surface area contributed by atoms with E-state index in [2.05, 4.69) is 20.8 Å². The molecule has 0 aliphatic carbocycles. The molecule has 2 amide bonds. The van der Waals surface area contributed by atoms with Gasteiger partial charge in [-0.05, 0) is 24.6 Å². The number of urea groups is 1. The van der Waals surface area contributed by atoms with Crippen molar-refractivity contribution in [1.82, 2.24) is 15.5 Å². The van der Waals surface area contributed by atoms with Crippen LogP contribution in [0.2, 0.25) is 0 Å². The van der Waals surface area contributed by atoms with E-state index in [9.17, 15) is 13.6 Å². The second-order valence-corrected chi connectivity index (χ2v) is 6.33. The molecule has 25 heavy (non-hydrogen) atoms. The van der Waals surface area contributed by atoms with Crippen molar-refractivity contribution in [3.63, 3.8) is 0 Å². The van der Waals surface area contributed by atoms with E-state index in [4.69, 9.17) is 9.47 Å². The van der Waals surface area contributed by atoms with E-state index >= 15 is 0 Å². The molecule has 2 heterocycles. The number of anilines is 1. The third kappa shape index (κ3) is 4.32. The molecule has 0 saturated carbocycles. The predicted octanol–water partition coefficient (Wildman–Crippen LogP) is 3.52. The highest BCUT2D eigenvalue weighted by molar-refractivity contribution is 7.15. The highest BCUT2D eigenvalue weighted by atomic mass is 32.1. The standard InChI is InChI=1S/C15H16F2N4O3S/c1-8(9-3-4-10-11(7-9)24-6-2-5-23-10)18-14(22)19-15-21-20-13(25-15)12(16)17/h3-4,7-8,12H,2,5-6H2,1H3,(H2,18,19,21,22)/t8-/m1/s1. The van der Waals surface area contributed by atoms with Gasteiger partial charge in [-0.1, -0.05) is 17.4 Å². The number of alkyl halides is 2. The first-order chi connectivity index (χ1) is 12.0. The van der Waals surface area contributed by atoms with Crippen LogP contribution in [0.3, 0.4) is 0 Å². The molecule has 2 aromatic rings. The molecule has 134 valence electrons. The lowest BCUT2D eigenvalue weighted by molar-refractivity contribution is 0.150. The third-order valence-corrected chi connectivity index (χ3v) is 4.31. The van der Waals surface area contributed by atoms with Gasteiger partial charge in [0.25, 0.3) is 6.43 Å². The lowest BCUT2D eigenvalue weighted by Gasteiger charge is -2.16. The van der Waals surface area contributed by atoms with Crippen LogP contribution in [0.25, 0.3) is 0 Å². The molecule has 1 atom stereocenters. The van der Waals surface area contributed by atoms with Crippen LogP contribution in [0.1, 0.15) is 36.4 Å². The van der Waals surface area contributed by atoms with Gasteiger partial charge >= 0.3 is 6.03 Å². The SMILES string of the molecule is C[C@@H](NC(=O)Nc1nnc(C(F)F)s1)c1ccc2c(c1)OCCCO2. The molecule has 10 heteroatoms. The van der Waals surface area contributed by atoms with Crippen molar-refractivity contribution >= 4 is 22.5 Å². The topological polar surface area (TPSA) is 85.4 Å². The van der Waals surface area contributed by atoms with Crippen LogP contribution in [0, 0.1) is 0 Å². The number of amides is 2. The summed E-state index contributed by atoms with van der Waals surface area (Å²) in [6, 6.07) is 4.55. The molecular weight excluding hydrogens is 354 g/mol. The summed E-state index contributed by atoms with van der Waals surface area (Å²) in [5.74, 6) is 1.31. The summed E-state index contributed by atoms with van der Waals surface area (Å²) in [6.07, 6.45) is -1.90. The van der Waals surface area contributed by atoms with E-state index < -0.39 is 17.5 Å². The maximum absolute atomic E-state index is 12.5. The first-order valence-corrected chi connectivity index (χ1v) is 8.43. The van der Waals surface area contributed by atoms with Gasteiger partial charge < -0.3 is 14.8 Å². The quantitative estimate of drug-likeness (QED) is 0.860. The summed E-state index contributed by atoms with van der Waals surface area (Å²) >= 11 is 0.632. The number of hydrogen-bond acceptors (Lipinski definition) is 6. The molecular formula is C15H16F2N4O3S. The minimum absolute atomic E-state index is 0.0126. The molecule has 0 spiro atoms. The summed E-state index contributed by atoms with van der Waals surface area (Å²) in [5, 5.41) is 11.5. The van der Waals surface area contributed by atoms with Gasteiger partial charge in [-0.15, -0.1) is 10.2 Å². The zero-order chi connectivity index (χ0) is 17.8. The average molecular weight is 370 g/mol. The molecule has 3 rings (SSSR count). The van der Waals surface area contributed by atoms with E-state index in [0.29, 0.717) is 36.0 Å². The van der Waals surface area contributed by atoms with Crippen LogP contribution in [0.15, 0.2) is 18.2 Å². The van der Waals surface area contributed by atoms with Crippen LogP contribution in [-0.2, 0) is 0 Å². The maximum Gasteiger partial charge on any atom is 0.321 e. The van der Waals surface area contributed by atoms with Gasteiger partial charge in [0, 0.05) is 6.42 Å². The van der Waals surface area contributed by atoms with Crippen molar-refractivity contribution in [1.29, 1.82) is 0 Å². The Kier molecular flexibility index (Phi) is 5.27. The number of hydrogen-bond donors (Lipinski definition) is 2. The van der Waals surface area contributed by atoms with Crippen molar-refractivity contribution < 1.29 is 23.0 Å². The van der Waals surface area contributed by atoms with Crippen molar-refractivity contribution in [2.75, 3.05) is 18.5 Å². The van der Waals surface area contributed by atoms with E-state index in [0.717, 1.165) is 12.0 Å². The van der Waals surface area contributed by atoms with Crippen molar-refractivity contribution in [2.24, 2.45) is 0 Å². The van der Waals surface area contributed by atoms with Gasteiger partial charge in [0.1, 0.15) is 0 Å². The summed E-state index contributed by atoms with van der Waals surface area (Å²) < 4.78 is 36.1. The molecule has 7 nitrogen and oxygen atoms in total. The zero-order valence-electron chi connectivity index (χ0n) is 13.3. The summed E-state index contributed by atoms with van der Waals surface area (Å²) in [6.45, 7) is 2.97. The molecule has 1 aliphatic heterocycles. The van der Waals surface area contributed by atoms with Crippen molar-refractivity contribution in [3.05, 3.63) is 28.8 Å². The number of fused-ring (bicyclic) bond motifs is 1. The monoisotopic (exact) mass is 370 g/mol. The molecule has 1 aromatic heterocycles. The fraction of sp³-hybridized carbons (Fsp3) is 0.400. The number of rotatable bonds is 4. The van der Waals surface area contributed by atoms with E-state index in [1.807, 2.05) is 12.1 Å². The highest BCUT2D eigenvalue weighted by Crippen LogP contribution is 2.32. The van der Waals surface area contributed by atoms with E-state index in [1.54, 1.807) is 13.0 Å². The third-order valence-electron chi connectivity index (χ3n) is 3.47. The van der Waals surface area contributed by atoms with Gasteiger partial charge in [0.2, 0.25) is 5.13 Å². The molecule has 0 radical (unpaired) electrons. The molecule has 1 aromatic carbocycles. The van der Waals surface area contributed by atoms with Crippen LogP contribution >= 0.6 is 11.3 Å². The minimum Gasteiger partial charge on any atom is -0.490 e. The summed E-state index contributed by atoms with van der Waals surface area (Å²) in [4.78, 5) is 12.0. The number of halogens is 2. The lowest BCUT2D eigenvalue weighted by atomic mass is 10.1. The number of carbonyl (C=O) groups is 1. The van der Waals surface area contributed by atoms with Gasteiger partial charge in [-0.25, -0.2) is 13.6 Å². The molecule has 0 fully saturated rings. The second-order valence-electron chi connectivity index (χ2n) is 5.32. The Morgan fingerprint density at radius 1 is 1.24 bits per heavy atom. The number of carbonyl (C=O) groups excluding carboxylic acids is 1. The first kappa shape index (κ1) is 17.3. The molecule has 0 saturated heterocycles. The Bertz CT molecular complexity index is 756. The average Bonchev–Trinajstić information content (AvgIpc) is 2.91. The summed E-state index contributed by atoms with van der Waals surface area (Å²) in [5.41, 5.74) is 0.824. The Hall–Kier alpha value is -2.49. The fourth-order valence-corrected chi connectivity index (χ4v) is 2.83. The van der Waals surface area contributed by atoms with Gasteiger partial charge in [-0.2, -0.15) is 0 Å². The lowest BCUT2D eigenvalue weighted by Crippen LogP contribution is -2.31. The Morgan fingerprint density at radius 2 is 2.00 bits per heavy atom. The van der Waals surface area contributed by atoms with Crippen LogP contribution in [0.5, 0.6) is 11.5 Å². The smallest absolute Gasteiger partial charge is 0.321 e. The normalized spacial score (nSPS) is 14.7. The van der Waals surface area contributed by atoms with E-state index in [-0.39, 0.29) is 11.2 Å². The summed E-state index contributed by atoms with van der Waals surface area (Å²) in [7, 11) is 0. The Morgan fingerprint density at radius 3 is 2.72 bits per heavy atom.